The van der Waals surface area contributed by atoms with Crippen molar-refractivity contribution in [1.29, 1.82) is 0 Å². The summed E-state index contributed by atoms with van der Waals surface area (Å²) in [5.74, 6) is 0.110. The van der Waals surface area contributed by atoms with Crippen LogP contribution in [0.2, 0.25) is 0 Å². The lowest BCUT2D eigenvalue weighted by Crippen LogP contribution is -2.20. The van der Waals surface area contributed by atoms with Gasteiger partial charge in [0.15, 0.2) is 0 Å². The molecule has 1 saturated carbocycles. The van der Waals surface area contributed by atoms with Crippen molar-refractivity contribution in [3.8, 4) is 0 Å². The van der Waals surface area contributed by atoms with E-state index < -0.39 is 10.0 Å². The first-order valence-corrected chi connectivity index (χ1v) is 7.17. The molecule has 1 aliphatic rings. The van der Waals surface area contributed by atoms with Crippen molar-refractivity contribution in [2.45, 2.75) is 37.5 Å². The maximum absolute atomic E-state index is 11.7. The molecule has 0 aliphatic heterocycles. The van der Waals surface area contributed by atoms with Crippen LogP contribution in [0.15, 0.2) is 12.3 Å². The zero-order valence-corrected chi connectivity index (χ0v) is 10.4. The molecular formula is C10H16N4O2S. The lowest BCUT2D eigenvalue weighted by molar-refractivity contribution is 0.599. The number of sulfonamides is 1. The third kappa shape index (κ3) is 2.92. The Morgan fingerprint density at radius 2 is 2.29 bits per heavy atom. The molecule has 94 valence electrons. The van der Waals surface area contributed by atoms with Crippen LogP contribution in [0.25, 0.3) is 0 Å². The molecule has 1 aliphatic carbocycles. The van der Waals surface area contributed by atoms with Crippen LogP contribution in [0.1, 0.15) is 37.9 Å². The van der Waals surface area contributed by atoms with Crippen LogP contribution in [0.5, 0.6) is 0 Å². The maximum Gasteiger partial charge on any atom is 0.237 e. The Morgan fingerprint density at radius 1 is 1.59 bits per heavy atom. The van der Waals surface area contributed by atoms with Gasteiger partial charge >= 0.3 is 0 Å². The highest BCUT2D eigenvalue weighted by Gasteiger charge is 2.36. The molecule has 1 heterocycles. The smallest absolute Gasteiger partial charge is 0.237 e. The Morgan fingerprint density at radius 3 is 2.88 bits per heavy atom. The summed E-state index contributed by atoms with van der Waals surface area (Å²) in [6.45, 7) is 1.95. The minimum atomic E-state index is -3.31. The van der Waals surface area contributed by atoms with Crippen LogP contribution >= 0.6 is 0 Å². The Bertz CT molecular complexity index is 499. The molecule has 1 aromatic rings. The third-order valence-electron chi connectivity index (χ3n) is 2.69. The molecule has 7 heteroatoms. The van der Waals surface area contributed by atoms with Gasteiger partial charge in [-0.1, -0.05) is 6.92 Å². The molecule has 1 unspecified atom stereocenters. The number of hydrogen-bond donors (Lipinski definition) is 2. The Balaban J connectivity index is 2.16. The number of nitrogens with two attached hydrogens (primary N) is 1. The summed E-state index contributed by atoms with van der Waals surface area (Å²) in [6, 6.07) is 1.51. The van der Waals surface area contributed by atoms with E-state index in [-0.39, 0.29) is 17.2 Å². The van der Waals surface area contributed by atoms with Crippen molar-refractivity contribution < 1.29 is 8.42 Å². The van der Waals surface area contributed by atoms with Crippen molar-refractivity contribution in [2.24, 2.45) is 5.73 Å². The summed E-state index contributed by atoms with van der Waals surface area (Å²) in [4.78, 5) is 8.01. The first kappa shape index (κ1) is 12.3. The number of aromatic nitrogens is 2. The summed E-state index contributed by atoms with van der Waals surface area (Å²) >= 11 is 0. The topological polar surface area (TPSA) is 98.0 Å². The van der Waals surface area contributed by atoms with Crippen LogP contribution < -0.4 is 10.5 Å². The SMILES string of the molecule is CCC(N)c1ccnc(NS(=O)(=O)C2CC2)n1. The van der Waals surface area contributed by atoms with Crippen LogP contribution in [-0.4, -0.2) is 23.6 Å². The fourth-order valence-corrected chi connectivity index (χ4v) is 2.70. The molecule has 1 aromatic heterocycles. The standard InChI is InChI=1S/C10H16N4O2S/c1-2-8(11)9-5-6-12-10(13-9)14-17(15,16)7-3-4-7/h5-8H,2-4,11H2,1H3,(H,12,13,14). The molecule has 1 atom stereocenters. The van der Waals surface area contributed by atoms with Gasteiger partial charge in [-0.3, -0.25) is 4.72 Å². The van der Waals surface area contributed by atoms with Crippen LogP contribution in [0.3, 0.4) is 0 Å². The van der Waals surface area contributed by atoms with Gasteiger partial charge in [-0.2, -0.15) is 0 Å². The lowest BCUT2D eigenvalue weighted by Gasteiger charge is -2.10. The van der Waals surface area contributed by atoms with E-state index in [0.717, 1.165) is 6.42 Å². The normalized spacial score (nSPS) is 17.8. The van der Waals surface area contributed by atoms with E-state index in [4.69, 9.17) is 5.73 Å². The largest absolute Gasteiger partial charge is 0.323 e. The monoisotopic (exact) mass is 256 g/mol. The predicted molar refractivity (Wildman–Crippen MR) is 64.8 cm³/mol. The first-order valence-electron chi connectivity index (χ1n) is 5.63. The summed E-state index contributed by atoms with van der Waals surface area (Å²) in [6.07, 6.45) is 3.68. The van der Waals surface area contributed by atoms with Gasteiger partial charge in [-0.25, -0.2) is 18.4 Å². The average molecular weight is 256 g/mol. The van der Waals surface area contributed by atoms with Crippen LogP contribution in [0.4, 0.5) is 5.95 Å². The van der Waals surface area contributed by atoms with E-state index in [0.29, 0.717) is 18.5 Å². The van der Waals surface area contributed by atoms with Gasteiger partial charge in [0.1, 0.15) is 0 Å². The number of anilines is 1. The molecule has 0 saturated heterocycles. The van der Waals surface area contributed by atoms with E-state index in [1.54, 1.807) is 6.07 Å². The highest BCUT2D eigenvalue weighted by molar-refractivity contribution is 7.93. The van der Waals surface area contributed by atoms with E-state index in [1.807, 2.05) is 6.92 Å². The fraction of sp³-hybridized carbons (Fsp3) is 0.600. The van der Waals surface area contributed by atoms with Gasteiger partial charge in [0.25, 0.3) is 0 Å². The van der Waals surface area contributed by atoms with Crippen LogP contribution in [-0.2, 0) is 10.0 Å². The summed E-state index contributed by atoms with van der Waals surface area (Å²) in [7, 11) is -3.31. The molecule has 0 radical (unpaired) electrons. The van der Waals surface area contributed by atoms with Gasteiger partial charge in [0.2, 0.25) is 16.0 Å². The van der Waals surface area contributed by atoms with E-state index in [2.05, 4.69) is 14.7 Å². The molecule has 3 N–H and O–H groups in total. The molecule has 0 bridgehead atoms. The summed E-state index contributed by atoms with van der Waals surface area (Å²) in [5, 5.41) is -0.283. The number of nitrogens with one attached hydrogen (secondary N) is 1. The van der Waals surface area contributed by atoms with Crippen LogP contribution in [0, 0.1) is 0 Å². The minimum Gasteiger partial charge on any atom is -0.323 e. The minimum absolute atomic E-state index is 0.110. The summed E-state index contributed by atoms with van der Waals surface area (Å²) in [5.41, 5.74) is 6.48. The van der Waals surface area contributed by atoms with E-state index >= 15 is 0 Å². The van der Waals surface area contributed by atoms with Crippen molar-refractivity contribution in [3.05, 3.63) is 18.0 Å². The van der Waals surface area contributed by atoms with Gasteiger partial charge in [0, 0.05) is 12.2 Å². The predicted octanol–water partition coefficient (Wildman–Crippen LogP) is 0.790. The molecule has 6 nitrogen and oxygen atoms in total. The second kappa shape index (κ2) is 4.58. The van der Waals surface area contributed by atoms with Crippen molar-refractivity contribution in [1.82, 2.24) is 9.97 Å². The van der Waals surface area contributed by atoms with Gasteiger partial charge in [-0.05, 0) is 25.3 Å². The molecule has 0 spiro atoms. The van der Waals surface area contributed by atoms with E-state index in [9.17, 15) is 8.42 Å². The van der Waals surface area contributed by atoms with Gasteiger partial charge in [0.05, 0.1) is 10.9 Å². The first-order chi connectivity index (χ1) is 8.03. The molecule has 17 heavy (non-hydrogen) atoms. The fourth-order valence-electron chi connectivity index (χ4n) is 1.43. The molecule has 1 fully saturated rings. The zero-order valence-electron chi connectivity index (χ0n) is 9.63. The zero-order chi connectivity index (χ0) is 12.5. The lowest BCUT2D eigenvalue weighted by atomic mass is 10.2. The number of rotatable bonds is 5. The quantitative estimate of drug-likeness (QED) is 0.811. The number of hydrogen-bond acceptors (Lipinski definition) is 5. The van der Waals surface area contributed by atoms with Crippen molar-refractivity contribution >= 4 is 16.0 Å². The van der Waals surface area contributed by atoms with E-state index in [1.165, 1.54) is 6.20 Å². The van der Waals surface area contributed by atoms with Crippen molar-refractivity contribution in [2.75, 3.05) is 4.72 Å². The highest BCUT2D eigenvalue weighted by Crippen LogP contribution is 2.29. The number of nitrogens with zero attached hydrogens (tertiary/aromatic N) is 2. The molecule has 0 aromatic carbocycles. The second-order valence-electron chi connectivity index (χ2n) is 4.17. The maximum atomic E-state index is 11.7. The second-order valence-corrected chi connectivity index (χ2v) is 6.13. The summed E-state index contributed by atoms with van der Waals surface area (Å²) < 4.78 is 25.8. The third-order valence-corrected chi connectivity index (χ3v) is 4.51. The van der Waals surface area contributed by atoms with Gasteiger partial charge < -0.3 is 5.73 Å². The van der Waals surface area contributed by atoms with Crippen molar-refractivity contribution in [3.63, 3.8) is 0 Å². The Labute approximate surface area is 101 Å². The molecule has 2 rings (SSSR count). The highest BCUT2D eigenvalue weighted by atomic mass is 32.2. The van der Waals surface area contributed by atoms with Gasteiger partial charge in [-0.15, -0.1) is 0 Å². The average Bonchev–Trinajstić information content (AvgIpc) is 3.11. The molecular weight excluding hydrogens is 240 g/mol. The Kier molecular flexibility index (Phi) is 3.30. The Hall–Kier alpha value is -1.21. The molecule has 0 amide bonds.